The molecule has 32 heavy (non-hydrogen) atoms. The van der Waals surface area contributed by atoms with E-state index in [1.165, 1.54) is 25.3 Å². The number of carbonyl (C=O) groups excluding carboxylic acids is 3. The number of hydrogen-bond acceptors (Lipinski definition) is 10. The van der Waals surface area contributed by atoms with Gasteiger partial charge in [0.1, 0.15) is 11.6 Å². The van der Waals surface area contributed by atoms with Gasteiger partial charge in [0, 0.05) is 7.11 Å². The van der Waals surface area contributed by atoms with E-state index in [1.807, 2.05) is 0 Å². The summed E-state index contributed by atoms with van der Waals surface area (Å²) in [6, 6.07) is 0.246. The molecule has 2 amide bonds. The fourth-order valence-electron chi connectivity index (χ4n) is 3.50. The van der Waals surface area contributed by atoms with Gasteiger partial charge in [0.2, 0.25) is 11.1 Å². The molecule has 3 N–H and O–H groups in total. The van der Waals surface area contributed by atoms with Gasteiger partial charge in [-0.25, -0.2) is 9.48 Å². The third kappa shape index (κ3) is 5.84. The molecule has 2 heterocycles. The largest absolute Gasteiger partial charge is 0.460 e. The lowest BCUT2D eigenvalue weighted by atomic mass is 9.96. The number of hydrogen-bond donors (Lipinski definition) is 2. The molecule has 0 aromatic carbocycles. The van der Waals surface area contributed by atoms with Crippen LogP contribution in [-0.2, 0) is 14.3 Å². The Labute approximate surface area is 193 Å². The first kappa shape index (κ1) is 24.1. The zero-order valence-electron chi connectivity index (χ0n) is 18.0. The highest BCUT2D eigenvalue weighted by molar-refractivity contribution is 7.99. The summed E-state index contributed by atoms with van der Waals surface area (Å²) in [6.45, 7) is 1.86. The van der Waals surface area contributed by atoms with Gasteiger partial charge in [0.05, 0.1) is 28.8 Å². The van der Waals surface area contributed by atoms with E-state index in [0.717, 1.165) is 37.0 Å². The Kier molecular flexibility index (Phi) is 8.59. The van der Waals surface area contributed by atoms with Gasteiger partial charge in [-0.1, -0.05) is 31.0 Å². The van der Waals surface area contributed by atoms with E-state index in [-0.39, 0.29) is 46.4 Å². The number of nitrogens with zero attached hydrogens (tertiary/aromatic N) is 4. The number of tetrazole rings is 1. The molecule has 0 bridgehead atoms. The fourth-order valence-corrected chi connectivity index (χ4v) is 5.31. The van der Waals surface area contributed by atoms with Crippen molar-refractivity contribution in [2.45, 2.75) is 50.2 Å². The van der Waals surface area contributed by atoms with E-state index >= 15 is 0 Å². The highest BCUT2D eigenvalue weighted by Gasteiger charge is 2.26. The number of anilines is 1. The van der Waals surface area contributed by atoms with E-state index in [0.29, 0.717) is 10.7 Å². The summed E-state index contributed by atoms with van der Waals surface area (Å²) in [5.74, 6) is -1.67. The molecule has 2 aromatic heterocycles. The van der Waals surface area contributed by atoms with Crippen molar-refractivity contribution in [1.82, 2.24) is 20.2 Å². The van der Waals surface area contributed by atoms with Crippen molar-refractivity contribution < 1.29 is 23.9 Å². The maximum atomic E-state index is 12.6. The van der Waals surface area contributed by atoms with E-state index in [1.54, 1.807) is 11.6 Å². The maximum absolute atomic E-state index is 12.6. The summed E-state index contributed by atoms with van der Waals surface area (Å²) in [5.41, 5.74) is 5.90. The average Bonchev–Trinajstić information content (AvgIpc) is 3.37. The van der Waals surface area contributed by atoms with Crippen LogP contribution in [0.5, 0.6) is 0 Å². The standard InChI is InChI=1S/C19H26N6O5S2/c1-11-14(18(28)30-9-8-29-2)17(32-15(11)16(20)27)21-13(26)10-31-19-22-23-24-25(19)12-6-4-3-5-7-12/h12H,3-10H2,1-2H3,(H2,20,27)(H,21,26). The van der Waals surface area contributed by atoms with Gasteiger partial charge in [-0.05, 0) is 35.8 Å². The van der Waals surface area contributed by atoms with Crippen LogP contribution in [0.2, 0.25) is 0 Å². The first-order valence-electron chi connectivity index (χ1n) is 10.2. The molecule has 11 nitrogen and oxygen atoms in total. The van der Waals surface area contributed by atoms with Crippen LogP contribution >= 0.6 is 23.1 Å². The van der Waals surface area contributed by atoms with Crippen LogP contribution in [0.25, 0.3) is 0 Å². The first-order chi connectivity index (χ1) is 15.4. The number of esters is 1. The van der Waals surface area contributed by atoms with Gasteiger partial charge in [0.15, 0.2) is 0 Å². The second-order valence-electron chi connectivity index (χ2n) is 7.29. The van der Waals surface area contributed by atoms with Crippen LogP contribution in [0, 0.1) is 6.92 Å². The summed E-state index contributed by atoms with van der Waals surface area (Å²) < 4.78 is 11.8. The number of carbonyl (C=O) groups is 3. The number of aromatic nitrogens is 4. The molecule has 0 spiro atoms. The fraction of sp³-hybridized carbons (Fsp3) is 0.579. The van der Waals surface area contributed by atoms with E-state index in [9.17, 15) is 14.4 Å². The Morgan fingerprint density at radius 3 is 2.69 bits per heavy atom. The maximum Gasteiger partial charge on any atom is 0.341 e. The summed E-state index contributed by atoms with van der Waals surface area (Å²) in [5, 5.41) is 15.4. The lowest BCUT2D eigenvalue weighted by Gasteiger charge is -2.21. The van der Waals surface area contributed by atoms with Crippen molar-refractivity contribution in [3.63, 3.8) is 0 Å². The molecule has 3 rings (SSSR count). The van der Waals surface area contributed by atoms with Gasteiger partial charge < -0.3 is 20.5 Å². The molecular formula is C19H26N6O5S2. The smallest absolute Gasteiger partial charge is 0.341 e. The average molecular weight is 483 g/mol. The molecule has 0 radical (unpaired) electrons. The second kappa shape index (κ2) is 11.4. The van der Waals surface area contributed by atoms with Gasteiger partial charge in [0.25, 0.3) is 5.91 Å². The predicted octanol–water partition coefficient (Wildman–Crippen LogP) is 2.18. The van der Waals surface area contributed by atoms with Gasteiger partial charge in [-0.3, -0.25) is 9.59 Å². The highest BCUT2D eigenvalue weighted by Crippen LogP contribution is 2.34. The van der Waals surface area contributed by atoms with E-state index in [2.05, 4.69) is 20.8 Å². The van der Waals surface area contributed by atoms with Crippen molar-refractivity contribution in [1.29, 1.82) is 0 Å². The molecule has 0 atom stereocenters. The summed E-state index contributed by atoms with van der Waals surface area (Å²) in [6.07, 6.45) is 5.53. The van der Waals surface area contributed by atoms with Gasteiger partial charge in [-0.2, -0.15) is 0 Å². The Morgan fingerprint density at radius 1 is 1.25 bits per heavy atom. The lowest BCUT2D eigenvalue weighted by molar-refractivity contribution is -0.113. The van der Waals surface area contributed by atoms with Crippen molar-refractivity contribution in [3.8, 4) is 0 Å². The quantitative estimate of drug-likeness (QED) is 0.295. The second-order valence-corrected chi connectivity index (χ2v) is 9.25. The Morgan fingerprint density at radius 2 is 2.00 bits per heavy atom. The number of rotatable bonds is 10. The Bertz CT molecular complexity index is 970. The molecule has 1 aliphatic carbocycles. The van der Waals surface area contributed by atoms with Crippen LogP contribution in [0.15, 0.2) is 5.16 Å². The minimum Gasteiger partial charge on any atom is -0.460 e. The summed E-state index contributed by atoms with van der Waals surface area (Å²) in [7, 11) is 1.49. The monoisotopic (exact) mass is 482 g/mol. The number of thiophene rings is 1. The molecule has 0 aliphatic heterocycles. The van der Waals surface area contributed by atoms with Crippen LogP contribution in [0.1, 0.15) is 63.7 Å². The van der Waals surface area contributed by atoms with Crippen molar-refractivity contribution >= 4 is 45.9 Å². The Hall–Kier alpha value is -2.51. The minimum atomic E-state index is -0.681. The molecule has 2 aromatic rings. The van der Waals surface area contributed by atoms with Gasteiger partial charge >= 0.3 is 5.97 Å². The molecule has 13 heteroatoms. The van der Waals surface area contributed by atoms with Gasteiger partial charge in [-0.15, -0.1) is 16.4 Å². The van der Waals surface area contributed by atoms with Crippen LogP contribution in [0.4, 0.5) is 5.00 Å². The molecule has 0 unspecified atom stereocenters. The van der Waals surface area contributed by atoms with Crippen molar-refractivity contribution in [2.75, 3.05) is 31.4 Å². The topological polar surface area (TPSA) is 151 Å². The molecule has 1 fully saturated rings. The van der Waals surface area contributed by atoms with Crippen molar-refractivity contribution in [3.05, 3.63) is 16.0 Å². The number of thioether (sulfide) groups is 1. The molecule has 0 saturated heterocycles. The summed E-state index contributed by atoms with van der Waals surface area (Å²) in [4.78, 5) is 37.1. The minimum absolute atomic E-state index is 0.0358. The number of ether oxygens (including phenoxy) is 2. The molecular weight excluding hydrogens is 456 g/mol. The number of nitrogens with two attached hydrogens (primary N) is 1. The molecule has 174 valence electrons. The lowest BCUT2D eigenvalue weighted by Crippen LogP contribution is -2.19. The number of amides is 2. The third-order valence-corrected chi connectivity index (χ3v) is 7.22. The highest BCUT2D eigenvalue weighted by atomic mass is 32.2. The molecule has 1 saturated carbocycles. The third-order valence-electron chi connectivity index (χ3n) is 5.06. The normalized spacial score (nSPS) is 14.3. The van der Waals surface area contributed by atoms with Crippen LogP contribution in [0.3, 0.4) is 0 Å². The number of methoxy groups -OCH3 is 1. The first-order valence-corrected chi connectivity index (χ1v) is 12.0. The number of nitrogens with one attached hydrogen (secondary N) is 1. The predicted molar refractivity (Wildman–Crippen MR) is 119 cm³/mol. The zero-order valence-corrected chi connectivity index (χ0v) is 19.6. The zero-order chi connectivity index (χ0) is 23.1. The Balaban J connectivity index is 1.68. The van der Waals surface area contributed by atoms with Crippen LogP contribution in [-0.4, -0.2) is 64.1 Å². The van der Waals surface area contributed by atoms with Crippen LogP contribution < -0.4 is 11.1 Å². The summed E-state index contributed by atoms with van der Waals surface area (Å²) >= 11 is 2.16. The van der Waals surface area contributed by atoms with E-state index < -0.39 is 11.9 Å². The number of primary amides is 1. The van der Waals surface area contributed by atoms with Crippen molar-refractivity contribution in [2.24, 2.45) is 5.73 Å². The SMILES string of the molecule is COCCOC(=O)c1c(NC(=O)CSc2nnnn2C2CCCCC2)sc(C(N)=O)c1C. The molecule has 1 aliphatic rings. The van der Waals surface area contributed by atoms with E-state index in [4.69, 9.17) is 15.2 Å².